The molecule has 0 amide bonds. The van der Waals surface area contributed by atoms with E-state index in [0.717, 1.165) is 40.8 Å². The summed E-state index contributed by atoms with van der Waals surface area (Å²) in [5.74, 6) is -0.337. The molecule has 3 aromatic rings. The maximum atomic E-state index is 12.8. The van der Waals surface area contributed by atoms with Crippen LogP contribution in [0.25, 0.3) is 0 Å². The van der Waals surface area contributed by atoms with Gasteiger partial charge in [0.15, 0.2) is 11.5 Å². The number of hydrogen-bond acceptors (Lipinski definition) is 7. The molecule has 2 unspecified atom stereocenters. The van der Waals surface area contributed by atoms with Crippen LogP contribution in [0.3, 0.4) is 0 Å². The standard InChI is InChI=1S/C35H40O7/c1-5-6-7-8-9-10-17-39-34-23(2)18-26(19-24(34)3)33(25-11-16-30-31(20-25)41-22-40-30)29-21-32(36)42-35(29,37)27-12-14-28(38-4)15-13-27/h11-16,18-21,33,37H,5-10,17,22H2,1-4H3. The third-order valence-corrected chi connectivity index (χ3v) is 8.00. The highest BCUT2D eigenvalue weighted by atomic mass is 16.7. The number of aliphatic hydroxyl groups is 1. The zero-order valence-corrected chi connectivity index (χ0v) is 24.9. The number of fused-ring (bicyclic) bond motifs is 1. The molecule has 2 aliphatic rings. The van der Waals surface area contributed by atoms with Crippen LogP contribution in [0.5, 0.6) is 23.0 Å². The van der Waals surface area contributed by atoms with Crippen molar-refractivity contribution in [1.29, 1.82) is 0 Å². The second kappa shape index (κ2) is 12.9. The normalized spacial score (nSPS) is 18.0. The lowest BCUT2D eigenvalue weighted by Crippen LogP contribution is -2.31. The fourth-order valence-corrected chi connectivity index (χ4v) is 5.86. The Morgan fingerprint density at radius 2 is 1.57 bits per heavy atom. The van der Waals surface area contributed by atoms with Crippen LogP contribution in [0.15, 0.2) is 66.2 Å². The van der Waals surface area contributed by atoms with Crippen molar-refractivity contribution < 1.29 is 33.6 Å². The first kappa shape index (κ1) is 29.5. The highest BCUT2D eigenvalue weighted by molar-refractivity contribution is 5.87. The number of esters is 1. The molecule has 42 heavy (non-hydrogen) atoms. The van der Waals surface area contributed by atoms with Gasteiger partial charge in [0.2, 0.25) is 6.79 Å². The van der Waals surface area contributed by atoms with Crippen LogP contribution in [-0.4, -0.2) is 31.6 Å². The highest BCUT2D eigenvalue weighted by Gasteiger charge is 2.47. The van der Waals surface area contributed by atoms with Crippen molar-refractivity contribution in [1.82, 2.24) is 0 Å². The Morgan fingerprint density at radius 1 is 0.881 bits per heavy atom. The molecule has 0 radical (unpaired) electrons. The van der Waals surface area contributed by atoms with Gasteiger partial charge in [-0.1, -0.05) is 57.2 Å². The monoisotopic (exact) mass is 572 g/mol. The second-order valence-corrected chi connectivity index (χ2v) is 11.0. The van der Waals surface area contributed by atoms with Crippen LogP contribution in [0, 0.1) is 13.8 Å². The van der Waals surface area contributed by atoms with Crippen LogP contribution < -0.4 is 18.9 Å². The number of aryl methyl sites for hydroxylation is 2. The molecular weight excluding hydrogens is 532 g/mol. The molecule has 222 valence electrons. The summed E-state index contributed by atoms with van der Waals surface area (Å²) in [6, 6.07) is 16.7. The Morgan fingerprint density at radius 3 is 2.29 bits per heavy atom. The number of benzene rings is 3. The van der Waals surface area contributed by atoms with Crippen molar-refractivity contribution in [3.8, 4) is 23.0 Å². The quantitative estimate of drug-likeness (QED) is 0.171. The summed E-state index contributed by atoms with van der Waals surface area (Å²) in [6.45, 7) is 7.10. The maximum Gasteiger partial charge on any atom is 0.334 e. The van der Waals surface area contributed by atoms with E-state index in [9.17, 15) is 9.90 Å². The van der Waals surface area contributed by atoms with Crippen LogP contribution in [0.4, 0.5) is 0 Å². The lowest BCUT2D eigenvalue weighted by Gasteiger charge is -2.31. The number of methoxy groups -OCH3 is 1. The second-order valence-electron chi connectivity index (χ2n) is 11.0. The summed E-state index contributed by atoms with van der Waals surface area (Å²) in [4.78, 5) is 12.8. The fraction of sp³-hybridized carbons (Fsp3) is 0.400. The molecule has 0 bridgehead atoms. The Hall–Kier alpha value is -3.97. The number of carbonyl (C=O) groups excluding carboxylic acids is 1. The Bertz CT molecular complexity index is 1420. The molecule has 0 saturated carbocycles. The first-order valence-corrected chi connectivity index (χ1v) is 14.8. The zero-order chi connectivity index (χ0) is 29.7. The Balaban J connectivity index is 1.50. The third-order valence-electron chi connectivity index (χ3n) is 8.00. The number of hydrogen-bond donors (Lipinski definition) is 1. The summed E-state index contributed by atoms with van der Waals surface area (Å²) in [5, 5.41) is 12.0. The molecule has 0 fully saturated rings. The zero-order valence-electron chi connectivity index (χ0n) is 24.9. The molecule has 1 N–H and O–H groups in total. The van der Waals surface area contributed by atoms with Crippen molar-refractivity contribution in [2.45, 2.75) is 71.0 Å². The molecule has 2 aliphatic heterocycles. The fourth-order valence-electron chi connectivity index (χ4n) is 5.86. The van der Waals surface area contributed by atoms with Crippen molar-refractivity contribution in [2.75, 3.05) is 20.5 Å². The average Bonchev–Trinajstić information content (AvgIpc) is 3.57. The van der Waals surface area contributed by atoms with Gasteiger partial charge in [0.05, 0.1) is 13.7 Å². The number of ether oxygens (including phenoxy) is 5. The van der Waals surface area contributed by atoms with E-state index < -0.39 is 17.7 Å². The largest absolute Gasteiger partial charge is 0.497 e. The SMILES string of the molecule is CCCCCCCCOc1c(C)cc(C(C2=CC(=O)OC2(O)c2ccc(OC)cc2)c2ccc3c(c2)OCO3)cc1C. The van der Waals surface area contributed by atoms with Crippen LogP contribution in [0.1, 0.15) is 79.2 Å². The van der Waals surface area contributed by atoms with Gasteiger partial charge >= 0.3 is 5.97 Å². The van der Waals surface area contributed by atoms with Gasteiger partial charge in [0.25, 0.3) is 5.79 Å². The van der Waals surface area contributed by atoms with Gasteiger partial charge in [-0.25, -0.2) is 4.79 Å². The van der Waals surface area contributed by atoms with Crippen molar-refractivity contribution in [3.05, 3.63) is 94.1 Å². The van der Waals surface area contributed by atoms with Gasteiger partial charge in [0.1, 0.15) is 11.5 Å². The molecule has 7 nitrogen and oxygen atoms in total. The average molecular weight is 573 g/mol. The molecule has 0 aromatic heterocycles. The van der Waals surface area contributed by atoms with E-state index in [1.54, 1.807) is 31.4 Å². The molecule has 3 aromatic carbocycles. The number of cyclic esters (lactones) is 1. The Kier molecular flexibility index (Phi) is 9.07. The smallest absolute Gasteiger partial charge is 0.334 e. The molecule has 0 spiro atoms. The van der Waals surface area contributed by atoms with Gasteiger partial charge in [0, 0.05) is 23.1 Å². The van der Waals surface area contributed by atoms with Gasteiger partial charge in [-0.2, -0.15) is 0 Å². The molecule has 2 heterocycles. The molecular formula is C35H40O7. The van der Waals surface area contributed by atoms with Crippen molar-refractivity contribution in [3.63, 3.8) is 0 Å². The minimum Gasteiger partial charge on any atom is -0.497 e. The number of carbonyl (C=O) groups is 1. The molecule has 5 rings (SSSR count). The summed E-state index contributed by atoms with van der Waals surface area (Å²) in [7, 11) is 1.58. The molecule has 2 atom stereocenters. The number of unbranched alkanes of at least 4 members (excludes halogenated alkanes) is 5. The van der Waals surface area contributed by atoms with Gasteiger partial charge in [-0.3, -0.25) is 0 Å². The lowest BCUT2D eigenvalue weighted by atomic mass is 9.78. The summed E-state index contributed by atoms with van der Waals surface area (Å²) >= 11 is 0. The minimum atomic E-state index is -1.97. The van der Waals surface area contributed by atoms with Gasteiger partial charge in [-0.05, 0) is 78.9 Å². The van der Waals surface area contributed by atoms with E-state index >= 15 is 0 Å². The van der Waals surface area contributed by atoms with E-state index in [0.29, 0.717) is 35.0 Å². The maximum absolute atomic E-state index is 12.8. The van der Waals surface area contributed by atoms with Crippen molar-refractivity contribution in [2.24, 2.45) is 0 Å². The van der Waals surface area contributed by atoms with Crippen molar-refractivity contribution >= 4 is 5.97 Å². The summed E-state index contributed by atoms with van der Waals surface area (Å²) in [6.07, 6.45) is 8.61. The summed E-state index contributed by atoms with van der Waals surface area (Å²) < 4.78 is 28.4. The Labute approximate surface area is 248 Å². The van der Waals surface area contributed by atoms with E-state index in [1.807, 2.05) is 32.0 Å². The predicted molar refractivity (Wildman–Crippen MR) is 160 cm³/mol. The lowest BCUT2D eigenvalue weighted by molar-refractivity contribution is -0.186. The van der Waals surface area contributed by atoms with Crippen LogP contribution >= 0.6 is 0 Å². The number of rotatable bonds is 13. The molecule has 0 aliphatic carbocycles. The van der Waals surface area contributed by atoms with Crippen LogP contribution in [-0.2, 0) is 15.3 Å². The third kappa shape index (κ3) is 6.12. The highest BCUT2D eigenvalue weighted by Crippen LogP contribution is 2.49. The van der Waals surface area contributed by atoms with Gasteiger partial charge in [-0.15, -0.1) is 0 Å². The summed E-state index contributed by atoms with van der Waals surface area (Å²) in [5.41, 5.74) is 4.54. The predicted octanol–water partition coefficient (Wildman–Crippen LogP) is 7.24. The minimum absolute atomic E-state index is 0.145. The first-order chi connectivity index (χ1) is 20.3. The topological polar surface area (TPSA) is 83.5 Å². The van der Waals surface area contributed by atoms with E-state index in [-0.39, 0.29) is 6.79 Å². The first-order valence-electron chi connectivity index (χ1n) is 14.8. The van der Waals surface area contributed by atoms with E-state index in [1.165, 1.54) is 31.8 Å². The molecule has 7 heteroatoms. The van der Waals surface area contributed by atoms with Crippen LogP contribution in [0.2, 0.25) is 0 Å². The molecule has 0 saturated heterocycles. The van der Waals surface area contributed by atoms with E-state index in [2.05, 4.69) is 19.1 Å². The van der Waals surface area contributed by atoms with E-state index in [4.69, 9.17) is 23.7 Å². The van der Waals surface area contributed by atoms with Gasteiger partial charge < -0.3 is 28.8 Å².